The average molecular weight is 373 g/mol. The zero-order valence-corrected chi connectivity index (χ0v) is 13.1. The van der Waals surface area contributed by atoms with Gasteiger partial charge in [0.1, 0.15) is 4.21 Å². The maximum absolute atomic E-state index is 11.9. The number of hydrogen-bond acceptors (Lipinski definition) is 4. The Kier molecular flexibility index (Phi) is 4.27. The molecule has 0 saturated carbocycles. The summed E-state index contributed by atoms with van der Waals surface area (Å²) < 4.78 is 27.2. The van der Waals surface area contributed by atoms with Gasteiger partial charge in [-0.1, -0.05) is 11.6 Å². The lowest BCUT2D eigenvalue weighted by Gasteiger charge is -2.02. The number of thiophene rings is 2. The highest BCUT2D eigenvalue weighted by atomic mass is 79.9. The molecule has 17 heavy (non-hydrogen) atoms. The molecule has 0 bridgehead atoms. The fraction of sp³-hybridized carbons (Fsp3) is 0.111. The number of halogens is 2. The van der Waals surface area contributed by atoms with Crippen LogP contribution in [0.3, 0.4) is 0 Å². The summed E-state index contributed by atoms with van der Waals surface area (Å²) >= 11 is 11.6. The van der Waals surface area contributed by atoms with E-state index in [0.717, 1.165) is 16.9 Å². The van der Waals surface area contributed by atoms with E-state index in [4.69, 9.17) is 11.6 Å². The van der Waals surface area contributed by atoms with E-state index in [1.165, 1.54) is 17.4 Å². The molecule has 0 aliphatic carbocycles. The topological polar surface area (TPSA) is 46.2 Å². The molecule has 0 atom stereocenters. The van der Waals surface area contributed by atoms with Gasteiger partial charge in [0.15, 0.2) is 0 Å². The molecule has 0 unspecified atom stereocenters. The Morgan fingerprint density at radius 1 is 1.47 bits per heavy atom. The van der Waals surface area contributed by atoms with Crippen LogP contribution in [0.25, 0.3) is 0 Å². The lowest BCUT2D eigenvalue weighted by molar-refractivity contribution is 0.583. The van der Waals surface area contributed by atoms with Crippen LogP contribution in [0.5, 0.6) is 0 Å². The lowest BCUT2D eigenvalue weighted by Crippen LogP contribution is -2.22. The first-order valence-corrected chi connectivity index (χ1v) is 8.86. The fourth-order valence-corrected chi connectivity index (χ4v) is 5.23. The molecule has 0 fully saturated rings. The van der Waals surface area contributed by atoms with Gasteiger partial charge in [0.2, 0.25) is 10.0 Å². The van der Waals surface area contributed by atoms with Crippen molar-refractivity contribution in [1.82, 2.24) is 4.72 Å². The van der Waals surface area contributed by atoms with Gasteiger partial charge in [-0.3, -0.25) is 0 Å². The third-order valence-electron chi connectivity index (χ3n) is 1.93. The van der Waals surface area contributed by atoms with Crippen LogP contribution in [0.1, 0.15) is 5.56 Å². The lowest BCUT2D eigenvalue weighted by atomic mass is 10.4. The van der Waals surface area contributed by atoms with Crippen LogP contribution in [0.4, 0.5) is 0 Å². The molecule has 3 nitrogen and oxygen atoms in total. The van der Waals surface area contributed by atoms with Gasteiger partial charge >= 0.3 is 0 Å². The monoisotopic (exact) mass is 371 g/mol. The molecule has 0 aliphatic rings. The van der Waals surface area contributed by atoms with Gasteiger partial charge in [0.25, 0.3) is 0 Å². The molecule has 8 heteroatoms. The Hall–Kier alpha value is 0.0800. The molecule has 0 aromatic carbocycles. The number of hydrogen-bond donors (Lipinski definition) is 1. The summed E-state index contributed by atoms with van der Waals surface area (Å²) in [6, 6.07) is 3.32. The largest absolute Gasteiger partial charge is 0.250 e. The van der Waals surface area contributed by atoms with E-state index < -0.39 is 10.0 Å². The maximum Gasteiger partial charge on any atom is 0.250 e. The van der Waals surface area contributed by atoms with Crippen molar-refractivity contribution in [1.29, 1.82) is 0 Å². The summed E-state index contributed by atoms with van der Waals surface area (Å²) in [6.07, 6.45) is 0. The van der Waals surface area contributed by atoms with Crippen LogP contribution < -0.4 is 4.72 Å². The Balaban J connectivity index is 2.14. The van der Waals surface area contributed by atoms with Crippen molar-refractivity contribution in [2.24, 2.45) is 0 Å². The SMILES string of the molecule is O=S(=O)(NCc1ccsc1)c1cc(Cl)c(Br)s1. The standard InChI is InChI=1S/C9H7BrClNO2S3/c10-9-7(11)3-8(16-9)17(13,14)12-4-6-1-2-15-5-6/h1-3,5,12H,4H2. The molecular weight excluding hydrogens is 366 g/mol. The molecule has 0 amide bonds. The van der Waals surface area contributed by atoms with Crippen LogP contribution >= 0.6 is 50.2 Å². The van der Waals surface area contributed by atoms with Crippen molar-refractivity contribution in [3.05, 3.63) is 37.3 Å². The van der Waals surface area contributed by atoms with Crippen molar-refractivity contribution >= 4 is 60.2 Å². The van der Waals surface area contributed by atoms with E-state index in [1.54, 1.807) is 0 Å². The van der Waals surface area contributed by atoms with Crippen LogP contribution in [0.15, 0.2) is 30.9 Å². The highest BCUT2D eigenvalue weighted by molar-refractivity contribution is 9.11. The van der Waals surface area contributed by atoms with Gasteiger partial charge in [-0.25, -0.2) is 13.1 Å². The molecule has 0 aliphatic heterocycles. The fourth-order valence-electron chi connectivity index (χ4n) is 1.10. The van der Waals surface area contributed by atoms with Crippen LogP contribution in [-0.2, 0) is 16.6 Å². The number of rotatable bonds is 4. The maximum atomic E-state index is 11.9. The first kappa shape index (κ1) is 13.5. The summed E-state index contributed by atoms with van der Waals surface area (Å²) in [6.45, 7) is 0.291. The highest BCUT2D eigenvalue weighted by Gasteiger charge is 2.18. The van der Waals surface area contributed by atoms with Crippen LogP contribution in [0, 0.1) is 0 Å². The zero-order valence-electron chi connectivity index (χ0n) is 8.31. The van der Waals surface area contributed by atoms with Crippen LogP contribution in [-0.4, -0.2) is 8.42 Å². The van der Waals surface area contributed by atoms with E-state index in [0.29, 0.717) is 15.4 Å². The van der Waals surface area contributed by atoms with Crippen molar-refractivity contribution in [3.8, 4) is 0 Å². The molecule has 2 aromatic heterocycles. The minimum absolute atomic E-state index is 0.213. The summed E-state index contributed by atoms with van der Waals surface area (Å²) in [4.78, 5) is 0. The molecule has 1 N–H and O–H groups in total. The molecule has 0 spiro atoms. The normalized spacial score (nSPS) is 11.9. The predicted molar refractivity (Wildman–Crippen MR) is 75.4 cm³/mol. The smallest absolute Gasteiger partial charge is 0.206 e. The Labute approximate surface area is 121 Å². The quantitative estimate of drug-likeness (QED) is 0.889. The van der Waals surface area contributed by atoms with Crippen LogP contribution in [0.2, 0.25) is 5.02 Å². The van der Waals surface area contributed by atoms with Crippen molar-refractivity contribution < 1.29 is 8.42 Å². The zero-order chi connectivity index (χ0) is 12.5. The average Bonchev–Trinajstić information content (AvgIpc) is 2.87. The van der Waals surface area contributed by atoms with Gasteiger partial charge in [-0.15, -0.1) is 11.3 Å². The predicted octanol–water partition coefficient (Wildman–Crippen LogP) is 3.70. The minimum atomic E-state index is -3.48. The molecular formula is C9H7BrClNO2S3. The molecule has 0 saturated heterocycles. The van der Waals surface area contributed by atoms with Gasteiger partial charge in [-0.05, 0) is 44.4 Å². The van der Waals surface area contributed by atoms with E-state index in [2.05, 4.69) is 20.7 Å². The molecule has 2 heterocycles. The third-order valence-corrected chi connectivity index (χ3v) is 7.02. The summed E-state index contributed by atoms with van der Waals surface area (Å²) in [5.41, 5.74) is 0.945. The highest BCUT2D eigenvalue weighted by Crippen LogP contribution is 2.34. The second-order valence-corrected chi connectivity index (χ2v) is 8.69. The second kappa shape index (κ2) is 5.38. The summed E-state index contributed by atoms with van der Waals surface area (Å²) in [5.74, 6) is 0. The molecule has 2 aromatic rings. The summed E-state index contributed by atoms with van der Waals surface area (Å²) in [7, 11) is -3.48. The first-order valence-electron chi connectivity index (χ1n) is 4.44. The first-order chi connectivity index (χ1) is 7.99. The molecule has 2 rings (SSSR count). The second-order valence-electron chi connectivity index (χ2n) is 3.14. The Bertz CT molecular complexity index is 587. The van der Waals surface area contributed by atoms with Gasteiger partial charge in [0.05, 0.1) is 8.81 Å². The third kappa shape index (κ3) is 3.30. The van der Waals surface area contributed by atoms with Gasteiger partial charge in [-0.2, -0.15) is 11.3 Å². The number of nitrogens with one attached hydrogen (secondary N) is 1. The van der Waals surface area contributed by atoms with E-state index in [-0.39, 0.29) is 4.21 Å². The van der Waals surface area contributed by atoms with Crippen molar-refractivity contribution in [2.75, 3.05) is 0 Å². The Morgan fingerprint density at radius 3 is 2.76 bits per heavy atom. The molecule has 92 valence electrons. The minimum Gasteiger partial charge on any atom is -0.206 e. The Morgan fingerprint density at radius 2 is 2.24 bits per heavy atom. The van der Waals surface area contributed by atoms with Crippen molar-refractivity contribution in [3.63, 3.8) is 0 Å². The van der Waals surface area contributed by atoms with Crippen molar-refractivity contribution in [2.45, 2.75) is 10.8 Å². The van der Waals surface area contributed by atoms with E-state index in [1.807, 2.05) is 16.8 Å². The molecule has 0 radical (unpaired) electrons. The van der Waals surface area contributed by atoms with E-state index in [9.17, 15) is 8.42 Å². The van der Waals surface area contributed by atoms with Gasteiger partial charge in [0, 0.05) is 6.54 Å². The number of sulfonamides is 1. The van der Waals surface area contributed by atoms with E-state index >= 15 is 0 Å². The van der Waals surface area contributed by atoms with Gasteiger partial charge < -0.3 is 0 Å². The summed E-state index contributed by atoms with van der Waals surface area (Å²) in [5, 5.41) is 4.22.